The van der Waals surface area contributed by atoms with Gasteiger partial charge >= 0.3 is 6.03 Å². The summed E-state index contributed by atoms with van der Waals surface area (Å²) >= 11 is 0. The first kappa shape index (κ1) is 24.0. The number of aryl methyl sites for hydroxylation is 1. The lowest BCUT2D eigenvalue weighted by Crippen LogP contribution is -2.50. The third-order valence-corrected chi connectivity index (χ3v) is 7.23. The van der Waals surface area contributed by atoms with Crippen LogP contribution in [-0.2, 0) is 16.0 Å². The van der Waals surface area contributed by atoms with Gasteiger partial charge in [0, 0.05) is 24.8 Å². The average molecular weight is 466 g/mol. The molecule has 1 aromatic carbocycles. The zero-order chi connectivity index (χ0) is 24.1. The Morgan fingerprint density at radius 3 is 2.62 bits per heavy atom. The van der Waals surface area contributed by atoms with Crippen LogP contribution < -0.4 is 5.32 Å². The minimum absolute atomic E-state index is 0.186. The van der Waals surface area contributed by atoms with Crippen molar-refractivity contribution >= 4 is 17.8 Å². The van der Waals surface area contributed by atoms with Gasteiger partial charge in [0.15, 0.2) is 0 Å². The van der Waals surface area contributed by atoms with Crippen LogP contribution in [0, 0.1) is 5.92 Å². The van der Waals surface area contributed by atoms with Crippen LogP contribution in [-0.4, -0.2) is 63.5 Å². The Morgan fingerprint density at radius 1 is 1.15 bits per heavy atom. The fourth-order valence-corrected chi connectivity index (χ4v) is 4.88. The number of amides is 4. The number of nitrogens with zero attached hydrogens (tertiary/aromatic N) is 3. The van der Waals surface area contributed by atoms with E-state index < -0.39 is 11.6 Å². The highest BCUT2D eigenvalue weighted by Crippen LogP contribution is 2.36. The zero-order valence-corrected chi connectivity index (χ0v) is 20.2. The van der Waals surface area contributed by atoms with Crippen molar-refractivity contribution in [1.29, 1.82) is 0 Å². The van der Waals surface area contributed by atoms with Crippen LogP contribution >= 0.6 is 0 Å². The second kappa shape index (κ2) is 10.4. The topological polar surface area (TPSA) is 98.4 Å². The van der Waals surface area contributed by atoms with Gasteiger partial charge in [-0.1, -0.05) is 43.7 Å². The normalized spacial score (nSPS) is 22.3. The van der Waals surface area contributed by atoms with Gasteiger partial charge in [-0.25, -0.2) is 4.79 Å². The van der Waals surface area contributed by atoms with Gasteiger partial charge in [-0.15, -0.1) is 0 Å². The first-order valence-corrected chi connectivity index (χ1v) is 12.4. The third kappa shape index (κ3) is 5.32. The SMILES string of the molecule is CC1CCC2(CC1)NC(=O)N(CC(=O)N(C)CCCCCc1cc(-c3ccccc3)n[nH]1)C2=O. The number of aromatic amines is 1. The lowest BCUT2D eigenvalue weighted by atomic mass is 9.77. The summed E-state index contributed by atoms with van der Waals surface area (Å²) < 4.78 is 0. The molecule has 0 unspecified atom stereocenters. The van der Waals surface area contributed by atoms with Crippen molar-refractivity contribution in [1.82, 2.24) is 25.3 Å². The second-order valence-corrected chi connectivity index (χ2v) is 9.86. The van der Waals surface area contributed by atoms with E-state index >= 15 is 0 Å². The standard InChI is InChI=1S/C26H35N5O3/c1-19-12-14-26(15-13-19)24(33)31(25(34)27-26)18-23(32)30(2)16-8-4-7-11-21-17-22(29-28-21)20-9-5-3-6-10-20/h3,5-6,9-10,17,19H,4,7-8,11-16,18H2,1-2H3,(H,27,34)(H,28,29). The fourth-order valence-electron chi connectivity index (χ4n) is 4.88. The molecule has 2 N–H and O–H groups in total. The number of likely N-dealkylation sites (N-methyl/N-ethyl adjacent to an activating group) is 1. The molecule has 1 spiro atoms. The minimum Gasteiger partial charge on any atom is -0.344 e. The highest BCUT2D eigenvalue weighted by atomic mass is 16.2. The zero-order valence-electron chi connectivity index (χ0n) is 20.2. The van der Waals surface area contributed by atoms with Crippen LogP contribution in [0.2, 0.25) is 0 Å². The van der Waals surface area contributed by atoms with Gasteiger partial charge in [0.2, 0.25) is 5.91 Å². The van der Waals surface area contributed by atoms with Crippen LogP contribution in [0.15, 0.2) is 36.4 Å². The molecule has 1 aliphatic carbocycles. The lowest BCUT2D eigenvalue weighted by molar-refractivity contribution is -0.139. The monoisotopic (exact) mass is 465 g/mol. The van der Waals surface area contributed by atoms with Crippen molar-refractivity contribution in [3.63, 3.8) is 0 Å². The Morgan fingerprint density at radius 2 is 1.88 bits per heavy atom. The number of carbonyl (C=O) groups is 3. The van der Waals surface area contributed by atoms with E-state index in [2.05, 4.69) is 28.5 Å². The molecule has 2 fully saturated rings. The predicted molar refractivity (Wildman–Crippen MR) is 130 cm³/mol. The maximum Gasteiger partial charge on any atom is 0.325 e. The van der Waals surface area contributed by atoms with Crippen molar-refractivity contribution in [3.05, 3.63) is 42.1 Å². The highest BCUT2D eigenvalue weighted by molar-refractivity contribution is 6.09. The predicted octanol–water partition coefficient (Wildman–Crippen LogP) is 3.75. The number of aromatic nitrogens is 2. The number of rotatable bonds is 9. The average Bonchev–Trinajstić information content (AvgIpc) is 3.40. The second-order valence-electron chi connectivity index (χ2n) is 9.86. The molecular formula is C26H35N5O3. The van der Waals surface area contributed by atoms with Crippen LogP contribution in [0.4, 0.5) is 4.79 Å². The lowest BCUT2D eigenvalue weighted by Gasteiger charge is -2.33. The molecule has 1 saturated carbocycles. The summed E-state index contributed by atoms with van der Waals surface area (Å²) in [5, 5.41) is 10.4. The van der Waals surface area contributed by atoms with E-state index in [4.69, 9.17) is 0 Å². The number of hydrogen-bond acceptors (Lipinski definition) is 4. The summed E-state index contributed by atoms with van der Waals surface area (Å²) in [6, 6.07) is 11.7. The van der Waals surface area contributed by atoms with Crippen molar-refractivity contribution in [3.8, 4) is 11.3 Å². The van der Waals surface area contributed by atoms with E-state index in [1.807, 2.05) is 30.3 Å². The van der Waals surface area contributed by atoms with Crippen molar-refractivity contribution in [2.75, 3.05) is 20.1 Å². The van der Waals surface area contributed by atoms with Crippen LogP contribution in [0.5, 0.6) is 0 Å². The van der Waals surface area contributed by atoms with Crippen molar-refractivity contribution < 1.29 is 14.4 Å². The van der Waals surface area contributed by atoms with Crippen LogP contribution in [0.1, 0.15) is 57.6 Å². The summed E-state index contributed by atoms with van der Waals surface area (Å²) in [5.74, 6) is 0.127. The third-order valence-electron chi connectivity index (χ3n) is 7.23. The molecule has 2 aromatic rings. The van der Waals surface area contributed by atoms with E-state index in [-0.39, 0.29) is 18.4 Å². The number of urea groups is 1. The van der Waals surface area contributed by atoms with E-state index in [0.29, 0.717) is 25.3 Å². The quantitative estimate of drug-likeness (QED) is 0.435. The molecular weight excluding hydrogens is 430 g/mol. The Labute approximate surface area is 201 Å². The molecule has 1 saturated heterocycles. The Hall–Kier alpha value is -3.16. The molecule has 4 amide bonds. The number of hydrogen-bond donors (Lipinski definition) is 2. The molecule has 8 nitrogen and oxygen atoms in total. The number of unbranched alkanes of at least 4 members (excludes halogenated alkanes) is 2. The van der Waals surface area contributed by atoms with Crippen molar-refractivity contribution in [2.24, 2.45) is 5.92 Å². The maximum atomic E-state index is 12.9. The van der Waals surface area contributed by atoms with Crippen molar-refractivity contribution in [2.45, 2.75) is 63.8 Å². The highest BCUT2D eigenvalue weighted by Gasteiger charge is 2.52. The molecule has 0 radical (unpaired) electrons. The van der Waals surface area contributed by atoms with E-state index in [9.17, 15) is 14.4 Å². The number of nitrogens with one attached hydrogen (secondary N) is 2. The largest absolute Gasteiger partial charge is 0.344 e. The first-order valence-electron chi connectivity index (χ1n) is 12.4. The van der Waals surface area contributed by atoms with Gasteiger partial charge in [0.05, 0.1) is 5.69 Å². The Balaban J connectivity index is 1.17. The first-order chi connectivity index (χ1) is 16.4. The van der Waals surface area contributed by atoms with Gasteiger partial charge in [-0.05, 0) is 56.9 Å². The molecule has 34 heavy (non-hydrogen) atoms. The molecule has 8 heteroatoms. The minimum atomic E-state index is -0.796. The molecule has 1 aliphatic heterocycles. The Kier molecular flexibility index (Phi) is 7.34. The smallest absolute Gasteiger partial charge is 0.325 e. The molecule has 182 valence electrons. The summed E-state index contributed by atoms with van der Waals surface area (Å²) in [4.78, 5) is 40.8. The van der Waals surface area contributed by atoms with E-state index in [1.165, 1.54) is 0 Å². The van der Waals surface area contributed by atoms with Gasteiger partial charge in [-0.3, -0.25) is 19.6 Å². The molecule has 4 rings (SSSR count). The fraction of sp³-hybridized carbons (Fsp3) is 0.538. The summed E-state index contributed by atoms with van der Waals surface area (Å²) in [6.07, 6.45) is 6.88. The summed E-state index contributed by atoms with van der Waals surface area (Å²) in [5.41, 5.74) is 2.35. The summed E-state index contributed by atoms with van der Waals surface area (Å²) in [6.45, 7) is 2.58. The van der Waals surface area contributed by atoms with E-state index in [1.54, 1.807) is 11.9 Å². The Bertz CT molecular complexity index is 1010. The number of carbonyl (C=O) groups excluding carboxylic acids is 3. The molecule has 2 heterocycles. The molecule has 1 aromatic heterocycles. The van der Waals surface area contributed by atoms with Gasteiger partial charge in [-0.2, -0.15) is 5.10 Å². The van der Waals surface area contributed by atoms with Gasteiger partial charge < -0.3 is 10.2 Å². The molecule has 2 aliphatic rings. The van der Waals surface area contributed by atoms with Crippen LogP contribution in [0.3, 0.4) is 0 Å². The van der Waals surface area contributed by atoms with E-state index in [0.717, 1.165) is 60.4 Å². The number of H-pyrrole nitrogens is 1. The summed E-state index contributed by atoms with van der Waals surface area (Å²) in [7, 11) is 1.74. The maximum absolute atomic E-state index is 12.9. The number of imide groups is 1. The van der Waals surface area contributed by atoms with Gasteiger partial charge in [0.1, 0.15) is 12.1 Å². The van der Waals surface area contributed by atoms with Gasteiger partial charge in [0.25, 0.3) is 5.91 Å². The molecule has 0 bridgehead atoms. The number of benzene rings is 1. The van der Waals surface area contributed by atoms with Crippen LogP contribution in [0.25, 0.3) is 11.3 Å². The molecule has 0 atom stereocenters.